The standard InChI is InChI=1S/C35H45FN6O/c1-22-7-12-34(30-25(22)5-6-28(38)27(30)17-37)13-8-26-29(16-34)39-32(43-21-35-11-4-14-42(35)20-24(36)15-35)40-31(26)41-18-23(19-41)33(2)9-3-10-33/h5-6,22-24H,3-4,7-16,18-21,38H2,1-2H3. The van der Waals surface area contributed by atoms with E-state index in [1.165, 1.54) is 30.4 Å². The molecule has 8 heteroatoms. The molecular weight excluding hydrogens is 539 g/mol. The molecule has 2 N–H and O–H groups in total. The van der Waals surface area contributed by atoms with Crippen LogP contribution < -0.4 is 15.4 Å². The van der Waals surface area contributed by atoms with Gasteiger partial charge in [-0.05, 0) is 92.4 Å². The summed E-state index contributed by atoms with van der Waals surface area (Å²) in [5.41, 5.74) is 12.5. The summed E-state index contributed by atoms with van der Waals surface area (Å²) in [4.78, 5) is 15.0. The van der Waals surface area contributed by atoms with Crippen LogP contribution in [0.4, 0.5) is 15.9 Å². The zero-order chi connectivity index (χ0) is 29.6. The van der Waals surface area contributed by atoms with Crippen LogP contribution in [0.5, 0.6) is 6.01 Å². The normalized spacial score (nSPS) is 32.8. The molecule has 43 heavy (non-hydrogen) atoms. The van der Waals surface area contributed by atoms with Crippen LogP contribution in [0.15, 0.2) is 12.1 Å². The fourth-order valence-electron chi connectivity index (χ4n) is 9.82. The van der Waals surface area contributed by atoms with Gasteiger partial charge in [-0.25, -0.2) is 4.39 Å². The monoisotopic (exact) mass is 584 g/mol. The van der Waals surface area contributed by atoms with Crippen LogP contribution in [0, 0.1) is 22.7 Å². The van der Waals surface area contributed by atoms with Crippen molar-refractivity contribution in [1.29, 1.82) is 5.26 Å². The van der Waals surface area contributed by atoms with Crippen molar-refractivity contribution >= 4 is 11.5 Å². The first kappa shape index (κ1) is 27.6. The number of hydrogen-bond acceptors (Lipinski definition) is 7. The van der Waals surface area contributed by atoms with Gasteiger partial charge < -0.3 is 15.4 Å². The van der Waals surface area contributed by atoms with Gasteiger partial charge in [0.2, 0.25) is 0 Å². The summed E-state index contributed by atoms with van der Waals surface area (Å²) in [6, 6.07) is 6.98. The molecular formula is C35H45FN6O. The number of nitrogen functional groups attached to an aromatic ring is 1. The molecule has 2 aromatic rings. The zero-order valence-electron chi connectivity index (χ0n) is 25.8. The molecule has 0 amide bonds. The molecule has 0 bridgehead atoms. The molecule has 4 unspecified atom stereocenters. The lowest BCUT2D eigenvalue weighted by atomic mass is 9.59. The lowest BCUT2D eigenvalue weighted by molar-refractivity contribution is 0.0516. The van der Waals surface area contributed by atoms with Crippen molar-refractivity contribution in [2.45, 2.75) is 108 Å². The van der Waals surface area contributed by atoms with Crippen molar-refractivity contribution in [3.8, 4) is 12.1 Å². The summed E-state index contributed by atoms with van der Waals surface area (Å²) < 4.78 is 21.0. The predicted octanol–water partition coefficient (Wildman–Crippen LogP) is 5.84. The van der Waals surface area contributed by atoms with Gasteiger partial charge in [-0.3, -0.25) is 4.90 Å². The molecule has 3 saturated heterocycles. The molecule has 7 nitrogen and oxygen atoms in total. The largest absolute Gasteiger partial charge is 0.461 e. The van der Waals surface area contributed by atoms with Gasteiger partial charge in [-0.1, -0.05) is 26.3 Å². The molecule has 0 radical (unpaired) electrons. The molecule has 1 spiro atoms. The fraction of sp³-hybridized carbons (Fsp3) is 0.686. The first-order valence-electron chi connectivity index (χ1n) is 16.7. The number of anilines is 2. The fourth-order valence-corrected chi connectivity index (χ4v) is 9.82. The number of halogens is 1. The average molecular weight is 585 g/mol. The Bertz CT molecular complexity index is 1490. The van der Waals surface area contributed by atoms with Gasteiger partial charge in [0.1, 0.15) is 24.7 Å². The second kappa shape index (κ2) is 9.79. The Morgan fingerprint density at radius 3 is 2.72 bits per heavy atom. The smallest absolute Gasteiger partial charge is 0.318 e. The van der Waals surface area contributed by atoms with Crippen LogP contribution >= 0.6 is 0 Å². The average Bonchev–Trinajstić information content (AvgIpc) is 3.47. The molecule has 3 aliphatic heterocycles. The number of nitriles is 1. The van der Waals surface area contributed by atoms with Crippen LogP contribution in [0.2, 0.25) is 0 Å². The lowest BCUT2D eigenvalue weighted by Gasteiger charge is -2.54. The van der Waals surface area contributed by atoms with E-state index in [0.717, 1.165) is 81.7 Å². The SMILES string of the molecule is CC1CCC2(CCc3c(nc(OCC45CCCN4CC(F)C5)nc3N3CC(C4(C)CCC4)C3)C2)c2c1ccc(N)c2C#N. The van der Waals surface area contributed by atoms with Gasteiger partial charge in [0.15, 0.2) is 0 Å². The summed E-state index contributed by atoms with van der Waals surface area (Å²) in [5, 5.41) is 10.2. The third kappa shape index (κ3) is 4.20. The number of hydrogen-bond donors (Lipinski definition) is 1. The maximum Gasteiger partial charge on any atom is 0.318 e. The van der Waals surface area contributed by atoms with Crippen molar-refractivity contribution < 1.29 is 9.13 Å². The highest BCUT2D eigenvalue weighted by Crippen LogP contribution is 2.54. The Morgan fingerprint density at radius 1 is 1.12 bits per heavy atom. The van der Waals surface area contributed by atoms with Crippen molar-refractivity contribution in [2.24, 2.45) is 11.3 Å². The molecule has 3 aliphatic carbocycles. The Morgan fingerprint density at radius 2 is 1.95 bits per heavy atom. The van der Waals surface area contributed by atoms with Gasteiger partial charge in [0, 0.05) is 49.1 Å². The highest BCUT2D eigenvalue weighted by atomic mass is 19.1. The molecule has 4 atom stereocenters. The van der Waals surface area contributed by atoms with E-state index in [2.05, 4.69) is 35.8 Å². The summed E-state index contributed by atoms with van der Waals surface area (Å²) in [5.74, 6) is 2.16. The van der Waals surface area contributed by atoms with Gasteiger partial charge in [0.05, 0.1) is 16.8 Å². The van der Waals surface area contributed by atoms with E-state index in [9.17, 15) is 9.65 Å². The third-order valence-electron chi connectivity index (χ3n) is 12.8. The highest BCUT2D eigenvalue weighted by Gasteiger charge is 2.51. The third-order valence-corrected chi connectivity index (χ3v) is 12.8. The quantitative estimate of drug-likeness (QED) is 0.442. The van der Waals surface area contributed by atoms with Gasteiger partial charge in [-0.15, -0.1) is 0 Å². The number of alkyl halides is 1. The van der Waals surface area contributed by atoms with E-state index >= 15 is 0 Å². The van der Waals surface area contributed by atoms with Crippen molar-refractivity contribution in [3.63, 3.8) is 0 Å². The minimum Gasteiger partial charge on any atom is -0.461 e. The van der Waals surface area contributed by atoms with Crippen LogP contribution in [-0.2, 0) is 18.3 Å². The molecule has 1 aromatic heterocycles. The molecule has 1 aromatic carbocycles. The van der Waals surface area contributed by atoms with Crippen LogP contribution in [0.3, 0.4) is 0 Å². The topological polar surface area (TPSA) is 91.3 Å². The second-order valence-electron chi connectivity index (χ2n) is 15.2. The molecule has 1 saturated carbocycles. The first-order chi connectivity index (χ1) is 20.7. The van der Waals surface area contributed by atoms with E-state index in [4.69, 9.17) is 20.4 Å². The highest BCUT2D eigenvalue weighted by molar-refractivity contribution is 5.65. The number of benzene rings is 1. The number of rotatable bonds is 5. The Balaban J connectivity index is 1.15. The number of nitrogens with two attached hydrogens (primary N) is 1. The summed E-state index contributed by atoms with van der Waals surface area (Å²) >= 11 is 0. The van der Waals surface area contributed by atoms with Crippen LogP contribution in [0.25, 0.3) is 0 Å². The number of aromatic nitrogens is 2. The molecule has 6 aliphatic rings. The van der Waals surface area contributed by atoms with E-state index in [-0.39, 0.29) is 11.0 Å². The van der Waals surface area contributed by atoms with E-state index in [1.54, 1.807) is 0 Å². The predicted molar refractivity (Wildman–Crippen MR) is 165 cm³/mol. The summed E-state index contributed by atoms with van der Waals surface area (Å²) in [6.07, 6.45) is 10.6. The van der Waals surface area contributed by atoms with Crippen molar-refractivity contribution in [1.82, 2.24) is 14.9 Å². The molecule has 4 heterocycles. The van der Waals surface area contributed by atoms with E-state index < -0.39 is 6.17 Å². The van der Waals surface area contributed by atoms with E-state index in [1.807, 2.05) is 6.07 Å². The van der Waals surface area contributed by atoms with Gasteiger partial charge in [0.25, 0.3) is 0 Å². The molecule has 228 valence electrons. The summed E-state index contributed by atoms with van der Waals surface area (Å²) in [6.45, 7) is 8.71. The molecule has 4 fully saturated rings. The lowest BCUT2D eigenvalue weighted by Crippen LogP contribution is -2.56. The summed E-state index contributed by atoms with van der Waals surface area (Å²) in [7, 11) is 0. The van der Waals surface area contributed by atoms with Crippen LogP contribution in [0.1, 0.15) is 106 Å². The zero-order valence-corrected chi connectivity index (χ0v) is 25.8. The van der Waals surface area contributed by atoms with Gasteiger partial charge >= 0.3 is 6.01 Å². The van der Waals surface area contributed by atoms with Crippen LogP contribution in [-0.4, -0.2) is 59.4 Å². The Kier molecular flexibility index (Phi) is 6.29. The number of nitrogens with zero attached hydrogens (tertiary/aromatic N) is 5. The van der Waals surface area contributed by atoms with Crippen molar-refractivity contribution in [2.75, 3.05) is 43.4 Å². The number of fused-ring (bicyclic) bond motifs is 4. The Hall–Kier alpha value is -2.92. The maximum absolute atomic E-state index is 14.5. The maximum atomic E-state index is 14.5. The molecule has 8 rings (SSSR count). The second-order valence-corrected chi connectivity index (χ2v) is 15.2. The van der Waals surface area contributed by atoms with Crippen molar-refractivity contribution in [3.05, 3.63) is 40.1 Å². The van der Waals surface area contributed by atoms with E-state index in [0.29, 0.717) is 54.1 Å². The van der Waals surface area contributed by atoms with Gasteiger partial charge in [-0.2, -0.15) is 15.2 Å². The first-order valence-corrected chi connectivity index (χ1v) is 16.7. The number of ether oxygens (including phenoxy) is 1. The minimum atomic E-state index is -0.787. The Labute approximate surface area is 255 Å². The minimum absolute atomic E-state index is 0.164.